The van der Waals surface area contributed by atoms with E-state index in [1.807, 2.05) is 0 Å². The van der Waals surface area contributed by atoms with Crippen molar-refractivity contribution in [1.29, 1.82) is 0 Å². The fourth-order valence-corrected chi connectivity index (χ4v) is 3.46. The van der Waals surface area contributed by atoms with Crippen molar-refractivity contribution in [2.45, 2.75) is 45.6 Å². The predicted molar refractivity (Wildman–Crippen MR) is 86.0 cm³/mol. The van der Waals surface area contributed by atoms with E-state index in [0.717, 1.165) is 12.8 Å². The summed E-state index contributed by atoms with van der Waals surface area (Å²) in [5.41, 5.74) is 14.7. The Bertz CT molecular complexity index is 640. The Kier molecular flexibility index (Phi) is 3.39. The first-order valence-electron chi connectivity index (χ1n) is 7.57. The minimum Gasteiger partial charge on any atom is -0.324 e. The second-order valence-corrected chi connectivity index (χ2v) is 6.21. The molecule has 3 rings (SSSR count). The molecular formula is C19H23N. The van der Waals surface area contributed by atoms with Gasteiger partial charge >= 0.3 is 0 Å². The maximum Gasteiger partial charge on any atom is 0.0300 e. The van der Waals surface area contributed by atoms with Gasteiger partial charge < -0.3 is 5.73 Å². The summed E-state index contributed by atoms with van der Waals surface area (Å²) >= 11 is 0. The van der Waals surface area contributed by atoms with Gasteiger partial charge in [0.15, 0.2) is 0 Å². The second kappa shape index (κ2) is 5.06. The fraction of sp³-hybridized carbons (Fsp3) is 0.368. The molecule has 0 amide bonds. The summed E-state index contributed by atoms with van der Waals surface area (Å²) in [6.07, 6.45) is 2.19. The third-order valence-electron chi connectivity index (χ3n) is 4.51. The van der Waals surface area contributed by atoms with Crippen LogP contribution in [-0.4, -0.2) is 0 Å². The number of aryl methyl sites for hydroxylation is 1. The number of fused-ring (bicyclic) bond motifs is 1. The van der Waals surface area contributed by atoms with E-state index in [4.69, 9.17) is 5.73 Å². The Hall–Kier alpha value is -1.60. The molecule has 0 aliphatic heterocycles. The van der Waals surface area contributed by atoms with Crippen LogP contribution in [0.3, 0.4) is 0 Å². The molecule has 20 heavy (non-hydrogen) atoms. The van der Waals surface area contributed by atoms with Crippen molar-refractivity contribution in [3.63, 3.8) is 0 Å². The van der Waals surface area contributed by atoms with Crippen LogP contribution >= 0.6 is 0 Å². The first-order chi connectivity index (χ1) is 9.59. The van der Waals surface area contributed by atoms with Crippen molar-refractivity contribution in [2.75, 3.05) is 0 Å². The molecule has 0 unspecified atom stereocenters. The first-order valence-corrected chi connectivity index (χ1v) is 7.57. The van der Waals surface area contributed by atoms with Crippen LogP contribution in [0.2, 0.25) is 0 Å². The number of hydrogen-bond acceptors (Lipinski definition) is 1. The van der Waals surface area contributed by atoms with Gasteiger partial charge in [-0.3, -0.25) is 0 Å². The number of rotatable bonds is 2. The molecule has 0 aromatic heterocycles. The van der Waals surface area contributed by atoms with E-state index < -0.39 is 0 Å². The van der Waals surface area contributed by atoms with Gasteiger partial charge in [-0.15, -0.1) is 0 Å². The molecule has 2 aromatic carbocycles. The highest BCUT2D eigenvalue weighted by atomic mass is 14.6. The summed E-state index contributed by atoms with van der Waals surface area (Å²) in [6, 6.07) is 13.5. The SMILES string of the molecule is Cc1cccc(C(C)C)c1-c1cccc2c1CC[C@H]2N. The van der Waals surface area contributed by atoms with E-state index in [1.165, 1.54) is 33.4 Å². The largest absolute Gasteiger partial charge is 0.324 e. The zero-order valence-electron chi connectivity index (χ0n) is 12.6. The molecule has 0 heterocycles. The molecular weight excluding hydrogens is 242 g/mol. The molecule has 1 atom stereocenters. The molecule has 0 spiro atoms. The molecule has 0 fully saturated rings. The van der Waals surface area contributed by atoms with E-state index >= 15 is 0 Å². The number of hydrogen-bond donors (Lipinski definition) is 1. The van der Waals surface area contributed by atoms with Crippen molar-refractivity contribution in [1.82, 2.24) is 0 Å². The third kappa shape index (κ3) is 2.06. The van der Waals surface area contributed by atoms with E-state index in [2.05, 4.69) is 57.2 Å². The monoisotopic (exact) mass is 265 g/mol. The van der Waals surface area contributed by atoms with Gasteiger partial charge in [-0.25, -0.2) is 0 Å². The normalized spacial score (nSPS) is 17.6. The average molecular weight is 265 g/mol. The zero-order valence-corrected chi connectivity index (χ0v) is 12.6. The summed E-state index contributed by atoms with van der Waals surface area (Å²) in [6.45, 7) is 6.76. The summed E-state index contributed by atoms with van der Waals surface area (Å²) in [5, 5.41) is 0. The molecule has 0 saturated heterocycles. The Labute approximate surface area is 121 Å². The van der Waals surface area contributed by atoms with Gasteiger partial charge in [0.1, 0.15) is 0 Å². The third-order valence-corrected chi connectivity index (χ3v) is 4.51. The van der Waals surface area contributed by atoms with Gasteiger partial charge in [0.25, 0.3) is 0 Å². The smallest absolute Gasteiger partial charge is 0.0300 e. The lowest BCUT2D eigenvalue weighted by atomic mass is 9.86. The van der Waals surface area contributed by atoms with Crippen molar-refractivity contribution >= 4 is 0 Å². The summed E-state index contributed by atoms with van der Waals surface area (Å²) < 4.78 is 0. The average Bonchev–Trinajstić information content (AvgIpc) is 2.80. The molecule has 0 radical (unpaired) electrons. The van der Waals surface area contributed by atoms with Crippen molar-refractivity contribution in [2.24, 2.45) is 5.73 Å². The van der Waals surface area contributed by atoms with Crippen LogP contribution in [0, 0.1) is 6.92 Å². The lowest BCUT2D eigenvalue weighted by Crippen LogP contribution is -2.05. The molecule has 1 aliphatic carbocycles. The Balaban J connectivity index is 2.25. The molecule has 104 valence electrons. The summed E-state index contributed by atoms with van der Waals surface area (Å²) in [5.74, 6) is 0.538. The van der Waals surface area contributed by atoms with Crippen LogP contribution in [0.4, 0.5) is 0 Å². The molecule has 2 N–H and O–H groups in total. The minimum absolute atomic E-state index is 0.219. The highest BCUT2D eigenvalue weighted by Crippen LogP contribution is 2.40. The van der Waals surface area contributed by atoms with E-state index in [-0.39, 0.29) is 6.04 Å². The van der Waals surface area contributed by atoms with Crippen LogP contribution < -0.4 is 5.73 Å². The summed E-state index contributed by atoms with van der Waals surface area (Å²) in [4.78, 5) is 0. The van der Waals surface area contributed by atoms with Gasteiger partial charge in [-0.1, -0.05) is 50.2 Å². The minimum atomic E-state index is 0.219. The summed E-state index contributed by atoms with van der Waals surface area (Å²) in [7, 11) is 0. The van der Waals surface area contributed by atoms with Crippen LogP contribution in [0.1, 0.15) is 54.5 Å². The van der Waals surface area contributed by atoms with Crippen molar-refractivity contribution in [3.05, 3.63) is 58.7 Å². The van der Waals surface area contributed by atoms with E-state index in [9.17, 15) is 0 Å². The highest BCUT2D eigenvalue weighted by Gasteiger charge is 2.23. The lowest BCUT2D eigenvalue weighted by Gasteiger charge is -2.18. The maximum absolute atomic E-state index is 6.23. The molecule has 1 heteroatoms. The van der Waals surface area contributed by atoms with Crippen molar-refractivity contribution < 1.29 is 0 Å². The van der Waals surface area contributed by atoms with Crippen LogP contribution in [0.5, 0.6) is 0 Å². The fourth-order valence-electron chi connectivity index (χ4n) is 3.46. The van der Waals surface area contributed by atoms with Gasteiger partial charge in [0.2, 0.25) is 0 Å². The van der Waals surface area contributed by atoms with E-state index in [1.54, 1.807) is 0 Å². The molecule has 0 bridgehead atoms. The van der Waals surface area contributed by atoms with Crippen molar-refractivity contribution in [3.8, 4) is 11.1 Å². The number of benzene rings is 2. The molecule has 1 aliphatic rings. The van der Waals surface area contributed by atoms with E-state index in [0.29, 0.717) is 5.92 Å². The second-order valence-electron chi connectivity index (χ2n) is 6.21. The Morgan fingerprint density at radius 3 is 2.60 bits per heavy atom. The van der Waals surface area contributed by atoms with Crippen LogP contribution in [0.25, 0.3) is 11.1 Å². The number of nitrogens with two attached hydrogens (primary N) is 1. The molecule has 0 saturated carbocycles. The van der Waals surface area contributed by atoms with Gasteiger partial charge in [-0.05, 0) is 59.1 Å². The zero-order chi connectivity index (χ0) is 14.3. The standard InChI is InChI=1S/C19H23N/c1-12(2)14-7-4-6-13(3)19(14)17-9-5-8-16-15(17)10-11-18(16)20/h4-9,12,18H,10-11,20H2,1-3H3/t18-/m1/s1. The lowest BCUT2D eigenvalue weighted by molar-refractivity contribution is 0.713. The van der Waals surface area contributed by atoms with Gasteiger partial charge in [-0.2, -0.15) is 0 Å². The quantitative estimate of drug-likeness (QED) is 0.834. The topological polar surface area (TPSA) is 26.0 Å². The van der Waals surface area contributed by atoms with Crippen LogP contribution in [0.15, 0.2) is 36.4 Å². The first kappa shape index (κ1) is 13.4. The maximum atomic E-state index is 6.23. The Morgan fingerprint density at radius 1 is 1.10 bits per heavy atom. The van der Waals surface area contributed by atoms with Gasteiger partial charge in [0.05, 0.1) is 0 Å². The van der Waals surface area contributed by atoms with Gasteiger partial charge in [0, 0.05) is 6.04 Å². The predicted octanol–water partition coefficient (Wildman–Crippen LogP) is 4.73. The molecule has 2 aromatic rings. The highest BCUT2D eigenvalue weighted by molar-refractivity contribution is 5.76. The van der Waals surface area contributed by atoms with Crippen LogP contribution in [-0.2, 0) is 6.42 Å². The Morgan fingerprint density at radius 2 is 1.85 bits per heavy atom. The molecule has 1 nitrogen and oxygen atoms in total.